The molecule has 2 atom stereocenters. The van der Waals surface area contributed by atoms with Crippen molar-refractivity contribution in [1.82, 2.24) is 14.8 Å². The molecule has 1 aromatic heterocycles. The number of aromatic nitrogens is 1. The van der Waals surface area contributed by atoms with Gasteiger partial charge in [-0.15, -0.1) is 0 Å². The highest BCUT2D eigenvalue weighted by Crippen LogP contribution is 2.28. The molecule has 2 aliphatic rings. The first kappa shape index (κ1) is 19.3. The van der Waals surface area contributed by atoms with Crippen LogP contribution in [0, 0.1) is 19.8 Å². The summed E-state index contributed by atoms with van der Waals surface area (Å²) in [5, 5.41) is 6.77. The van der Waals surface area contributed by atoms with Crippen LogP contribution in [0.3, 0.4) is 0 Å². The second-order valence-corrected chi connectivity index (χ2v) is 9.06. The Morgan fingerprint density at radius 2 is 1.96 bits per heavy atom. The van der Waals surface area contributed by atoms with Crippen molar-refractivity contribution >= 4 is 15.9 Å². The molecule has 26 heavy (non-hydrogen) atoms. The van der Waals surface area contributed by atoms with E-state index >= 15 is 0 Å². The molecule has 0 saturated carbocycles. The molecule has 0 spiro atoms. The Morgan fingerprint density at radius 1 is 1.27 bits per heavy atom. The van der Waals surface area contributed by atoms with E-state index in [4.69, 9.17) is 9.26 Å². The van der Waals surface area contributed by atoms with Crippen molar-refractivity contribution in [2.24, 2.45) is 5.92 Å². The lowest BCUT2D eigenvalue weighted by Crippen LogP contribution is -2.47. The van der Waals surface area contributed by atoms with E-state index in [2.05, 4.69) is 10.5 Å². The first-order valence-electron chi connectivity index (χ1n) is 9.15. The molecule has 1 aromatic rings. The number of aryl methyl sites for hydroxylation is 2. The zero-order valence-electron chi connectivity index (χ0n) is 15.5. The Morgan fingerprint density at radius 3 is 2.50 bits per heavy atom. The minimum absolute atomic E-state index is 0.0117. The summed E-state index contributed by atoms with van der Waals surface area (Å²) in [5.41, 5.74) is 0.368. The molecule has 3 rings (SSSR count). The molecular weight excluding hydrogens is 358 g/mol. The summed E-state index contributed by atoms with van der Waals surface area (Å²) in [4.78, 5) is 12.6. The molecule has 0 aromatic carbocycles. The number of carbonyl (C=O) groups excluding carboxylic acids is 1. The Kier molecular flexibility index (Phi) is 5.69. The zero-order chi connectivity index (χ0) is 18.9. The minimum Gasteiger partial charge on any atom is -0.376 e. The highest BCUT2D eigenvalue weighted by molar-refractivity contribution is 7.89. The van der Waals surface area contributed by atoms with Crippen LogP contribution in [0.5, 0.6) is 0 Å². The molecule has 2 saturated heterocycles. The van der Waals surface area contributed by atoms with Gasteiger partial charge >= 0.3 is 0 Å². The van der Waals surface area contributed by atoms with Gasteiger partial charge in [0, 0.05) is 25.6 Å². The first-order chi connectivity index (χ1) is 12.3. The third-order valence-electron chi connectivity index (χ3n) is 5.28. The van der Waals surface area contributed by atoms with E-state index in [1.165, 1.54) is 4.31 Å². The molecule has 0 aliphatic carbocycles. The lowest BCUT2D eigenvalue weighted by atomic mass is 9.96. The molecule has 0 bridgehead atoms. The van der Waals surface area contributed by atoms with Gasteiger partial charge in [-0.05, 0) is 46.5 Å². The summed E-state index contributed by atoms with van der Waals surface area (Å²) in [5.74, 6) is 0.116. The number of hydrogen-bond acceptors (Lipinski definition) is 6. The molecule has 3 heterocycles. The average Bonchev–Trinajstić information content (AvgIpc) is 3.25. The van der Waals surface area contributed by atoms with Crippen molar-refractivity contribution in [3.8, 4) is 0 Å². The van der Waals surface area contributed by atoms with Gasteiger partial charge in [-0.1, -0.05) is 5.16 Å². The van der Waals surface area contributed by atoms with Crippen LogP contribution in [0.2, 0.25) is 0 Å². The minimum atomic E-state index is -3.64. The fourth-order valence-electron chi connectivity index (χ4n) is 3.76. The van der Waals surface area contributed by atoms with Crippen LogP contribution in [0.15, 0.2) is 9.42 Å². The lowest BCUT2D eigenvalue weighted by Gasteiger charge is -2.31. The highest BCUT2D eigenvalue weighted by atomic mass is 32.2. The number of nitrogens with zero attached hydrogens (tertiary/aromatic N) is 2. The van der Waals surface area contributed by atoms with Crippen molar-refractivity contribution in [1.29, 1.82) is 0 Å². The normalized spacial score (nSPS) is 23.9. The van der Waals surface area contributed by atoms with Crippen LogP contribution < -0.4 is 5.32 Å². The van der Waals surface area contributed by atoms with Crippen molar-refractivity contribution < 1.29 is 22.5 Å². The van der Waals surface area contributed by atoms with E-state index in [0.717, 1.165) is 19.4 Å². The maximum atomic E-state index is 12.8. The van der Waals surface area contributed by atoms with Crippen molar-refractivity contribution in [3.05, 3.63) is 11.5 Å². The van der Waals surface area contributed by atoms with E-state index < -0.39 is 10.0 Å². The molecule has 8 nitrogen and oxygen atoms in total. The molecule has 0 unspecified atom stereocenters. The van der Waals surface area contributed by atoms with Crippen LogP contribution in [-0.2, 0) is 19.6 Å². The summed E-state index contributed by atoms with van der Waals surface area (Å²) < 4.78 is 37.7. The Bertz CT molecular complexity index is 727. The molecular formula is C17H27N3O5S. The number of amides is 1. The van der Waals surface area contributed by atoms with Crippen molar-refractivity contribution in [2.45, 2.75) is 63.5 Å². The number of sulfonamides is 1. The Hall–Kier alpha value is -1.45. The first-order valence-corrected chi connectivity index (χ1v) is 10.6. The quantitative estimate of drug-likeness (QED) is 0.821. The summed E-state index contributed by atoms with van der Waals surface area (Å²) >= 11 is 0. The maximum Gasteiger partial charge on any atom is 0.248 e. The second-order valence-electron chi connectivity index (χ2n) is 7.18. The van der Waals surface area contributed by atoms with Crippen LogP contribution in [0.1, 0.15) is 44.1 Å². The van der Waals surface area contributed by atoms with Gasteiger partial charge in [0.05, 0.1) is 12.1 Å². The van der Waals surface area contributed by atoms with Crippen LogP contribution in [0.25, 0.3) is 0 Å². The fraction of sp³-hybridized carbons (Fsp3) is 0.765. The third-order valence-corrected chi connectivity index (χ3v) is 7.43. The topological polar surface area (TPSA) is 102 Å². The summed E-state index contributed by atoms with van der Waals surface area (Å²) in [6.07, 6.45) is 3.09. The molecule has 1 N–H and O–H groups in total. The number of carbonyl (C=O) groups is 1. The average molecular weight is 385 g/mol. The van der Waals surface area contributed by atoms with Gasteiger partial charge in [0.2, 0.25) is 15.9 Å². The van der Waals surface area contributed by atoms with Crippen LogP contribution >= 0.6 is 0 Å². The predicted molar refractivity (Wildman–Crippen MR) is 94.0 cm³/mol. The van der Waals surface area contributed by atoms with Gasteiger partial charge in [0.15, 0.2) is 5.76 Å². The van der Waals surface area contributed by atoms with E-state index in [1.54, 1.807) is 13.8 Å². The largest absolute Gasteiger partial charge is 0.376 e. The number of rotatable bonds is 5. The van der Waals surface area contributed by atoms with E-state index in [-0.39, 0.29) is 28.9 Å². The molecule has 146 valence electrons. The monoisotopic (exact) mass is 385 g/mol. The molecule has 9 heteroatoms. The lowest BCUT2D eigenvalue weighted by molar-refractivity contribution is -0.127. The van der Waals surface area contributed by atoms with Gasteiger partial charge in [-0.2, -0.15) is 4.31 Å². The van der Waals surface area contributed by atoms with Gasteiger partial charge in [-0.25, -0.2) is 8.42 Å². The SMILES string of the molecule is Cc1noc(C)c1S(=O)(=O)N1CCC(C(=O)N[C@H](C)[C@@H]2CCCO2)CC1. The Labute approximate surface area is 154 Å². The van der Waals surface area contributed by atoms with E-state index in [1.807, 2.05) is 6.92 Å². The second kappa shape index (κ2) is 7.66. The van der Waals surface area contributed by atoms with Gasteiger partial charge in [-0.3, -0.25) is 4.79 Å². The van der Waals surface area contributed by atoms with E-state index in [9.17, 15) is 13.2 Å². The van der Waals surface area contributed by atoms with Crippen molar-refractivity contribution in [3.63, 3.8) is 0 Å². The molecule has 1 amide bonds. The predicted octanol–water partition coefficient (Wildman–Crippen LogP) is 1.38. The fourth-order valence-corrected chi connectivity index (χ4v) is 5.52. The maximum absolute atomic E-state index is 12.8. The number of hydrogen-bond donors (Lipinski definition) is 1. The summed E-state index contributed by atoms with van der Waals surface area (Å²) in [6.45, 7) is 6.57. The smallest absolute Gasteiger partial charge is 0.248 e. The number of ether oxygens (including phenoxy) is 1. The Balaban J connectivity index is 1.57. The molecule has 0 radical (unpaired) electrons. The van der Waals surface area contributed by atoms with Crippen LogP contribution in [0.4, 0.5) is 0 Å². The van der Waals surface area contributed by atoms with Gasteiger partial charge in [0.1, 0.15) is 10.6 Å². The zero-order valence-corrected chi connectivity index (χ0v) is 16.3. The molecule has 2 fully saturated rings. The van der Waals surface area contributed by atoms with Crippen LogP contribution in [-0.4, -0.2) is 55.6 Å². The van der Waals surface area contributed by atoms with Gasteiger partial charge in [0.25, 0.3) is 0 Å². The number of piperidine rings is 1. The standard InChI is InChI=1S/C17H27N3O5S/c1-11(15-5-4-10-24-15)18-17(21)14-6-8-20(9-7-14)26(22,23)16-12(2)19-25-13(16)3/h11,14-15H,4-10H2,1-3H3,(H,18,21)/t11-,15+/m1/s1. The summed E-state index contributed by atoms with van der Waals surface area (Å²) in [7, 11) is -3.64. The summed E-state index contributed by atoms with van der Waals surface area (Å²) in [6, 6.07) is -0.0194. The van der Waals surface area contributed by atoms with E-state index in [0.29, 0.717) is 37.4 Å². The van der Waals surface area contributed by atoms with Crippen molar-refractivity contribution in [2.75, 3.05) is 19.7 Å². The third kappa shape index (κ3) is 3.79. The van der Waals surface area contributed by atoms with Gasteiger partial charge < -0.3 is 14.6 Å². The molecule has 2 aliphatic heterocycles. The highest BCUT2D eigenvalue weighted by Gasteiger charge is 2.36. The number of nitrogens with one attached hydrogen (secondary N) is 1.